The molecule has 0 bridgehead atoms. The highest BCUT2D eigenvalue weighted by molar-refractivity contribution is 6.00. The van der Waals surface area contributed by atoms with Crippen LogP contribution < -0.4 is 0 Å². The topological polar surface area (TPSA) is 50.2 Å². The van der Waals surface area contributed by atoms with Gasteiger partial charge in [-0.3, -0.25) is 4.98 Å². The number of rotatable bonds is 2. The summed E-state index contributed by atoms with van der Waals surface area (Å²) in [6.45, 7) is 1.59. The number of nitrogens with zero attached hydrogens (tertiary/aromatic N) is 1. The largest absolute Gasteiger partial charge is 0.478 e. The van der Waals surface area contributed by atoms with E-state index in [2.05, 4.69) is 4.98 Å². The maximum absolute atomic E-state index is 14.1. The summed E-state index contributed by atoms with van der Waals surface area (Å²) in [7, 11) is 0. The Morgan fingerprint density at radius 3 is 2.30 bits per heavy atom. The van der Waals surface area contributed by atoms with Gasteiger partial charge in [-0.05, 0) is 30.7 Å². The Hall–Kier alpha value is -2.89. The fourth-order valence-corrected chi connectivity index (χ4v) is 2.54. The van der Waals surface area contributed by atoms with Gasteiger partial charge in [0, 0.05) is 29.3 Å². The molecule has 0 spiro atoms. The van der Waals surface area contributed by atoms with E-state index in [0.717, 1.165) is 0 Å². The Morgan fingerprint density at radius 1 is 1.04 bits per heavy atom. The van der Waals surface area contributed by atoms with Gasteiger partial charge in [-0.1, -0.05) is 0 Å². The zero-order valence-corrected chi connectivity index (χ0v) is 11.9. The number of pyridine rings is 1. The van der Waals surface area contributed by atoms with Gasteiger partial charge in [0.1, 0.15) is 17.5 Å². The lowest BCUT2D eigenvalue weighted by Crippen LogP contribution is -2.00. The molecule has 0 aliphatic rings. The van der Waals surface area contributed by atoms with Gasteiger partial charge in [-0.15, -0.1) is 0 Å². The van der Waals surface area contributed by atoms with Crippen LogP contribution in [0.3, 0.4) is 0 Å². The molecule has 0 saturated heterocycles. The number of hydrogen-bond acceptors (Lipinski definition) is 2. The summed E-state index contributed by atoms with van der Waals surface area (Å²) < 4.78 is 41.4. The van der Waals surface area contributed by atoms with Crippen LogP contribution in [0.2, 0.25) is 0 Å². The molecule has 116 valence electrons. The molecule has 0 aliphatic carbocycles. The van der Waals surface area contributed by atoms with Gasteiger partial charge in [0.2, 0.25) is 0 Å². The average molecular weight is 317 g/mol. The number of halogens is 3. The zero-order chi connectivity index (χ0) is 16.7. The molecule has 3 rings (SSSR count). The SMILES string of the molecule is Cc1cnc2ccc(C(=O)O)cc2c1-c1c(F)cc(F)cc1F. The summed E-state index contributed by atoms with van der Waals surface area (Å²) in [5, 5.41) is 9.39. The molecule has 0 unspecified atom stereocenters. The van der Waals surface area contributed by atoms with Crippen molar-refractivity contribution in [2.75, 3.05) is 0 Å². The van der Waals surface area contributed by atoms with E-state index in [0.29, 0.717) is 23.2 Å². The minimum absolute atomic E-state index is 0.0333. The standard InChI is InChI=1S/C17H10F3NO2/c1-8-7-21-14-3-2-9(17(22)23)4-11(14)15(8)16-12(19)5-10(18)6-13(16)20/h2-7H,1H3,(H,22,23). The van der Waals surface area contributed by atoms with Crippen molar-refractivity contribution in [2.24, 2.45) is 0 Å². The molecule has 3 nitrogen and oxygen atoms in total. The number of hydrogen-bond donors (Lipinski definition) is 1. The van der Waals surface area contributed by atoms with Crippen molar-refractivity contribution in [2.45, 2.75) is 6.92 Å². The van der Waals surface area contributed by atoms with Crippen LogP contribution in [0.4, 0.5) is 13.2 Å². The van der Waals surface area contributed by atoms with Crippen LogP contribution >= 0.6 is 0 Å². The van der Waals surface area contributed by atoms with Crippen molar-refractivity contribution in [3.05, 3.63) is 65.1 Å². The van der Waals surface area contributed by atoms with Crippen molar-refractivity contribution >= 4 is 16.9 Å². The van der Waals surface area contributed by atoms with Crippen molar-refractivity contribution < 1.29 is 23.1 Å². The highest BCUT2D eigenvalue weighted by atomic mass is 19.1. The van der Waals surface area contributed by atoms with Crippen LogP contribution in [0.25, 0.3) is 22.0 Å². The van der Waals surface area contributed by atoms with Crippen LogP contribution in [0.1, 0.15) is 15.9 Å². The lowest BCUT2D eigenvalue weighted by Gasteiger charge is -2.12. The lowest BCUT2D eigenvalue weighted by atomic mass is 9.95. The van der Waals surface area contributed by atoms with E-state index >= 15 is 0 Å². The number of carboxylic acid groups (broad SMARTS) is 1. The molecule has 2 aromatic carbocycles. The Labute approximate surface area is 129 Å². The molecule has 0 atom stereocenters. The summed E-state index contributed by atoms with van der Waals surface area (Å²) in [6.07, 6.45) is 1.43. The molecular weight excluding hydrogens is 307 g/mol. The molecule has 0 fully saturated rings. The summed E-state index contributed by atoms with van der Waals surface area (Å²) in [5.41, 5.74) is 0.559. The highest BCUT2D eigenvalue weighted by Crippen LogP contribution is 2.35. The number of benzene rings is 2. The van der Waals surface area contributed by atoms with E-state index in [9.17, 15) is 18.0 Å². The third-order valence-corrected chi connectivity index (χ3v) is 3.56. The molecule has 3 aromatic rings. The summed E-state index contributed by atoms with van der Waals surface area (Å²) in [5.74, 6) is -4.30. The Bertz CT molecular complexity index is 931. The highest BCUT2D eigenvalue weighted by Gasteiger charge is 2.19. The Morgan fingerprint density at radius 2 is 1.70 bits per heavy atom. The predicted molar refractivity (Wildman–Crippen MR) is 78.7 cm³/mol. The van der Waals surface area contributed by atoms with Gasteiger partial charge in [-0.25, -0.2) is 18.0 Å². The van der Waals surface area contributed by atoms with Crippen molar-refractivity contribution in [1.29, 1.82) is 0 Å². The summed E-state index contributed by atoms with van der Waals surface area (Å²) >= 11 is 0. The molecule has 23 heavy (non-hydrogen) atoms. The van der Waals surface area contributed by atoms with Gasteiger partial charge < -0.3 is 5.11 Å². The first-order valence-corrected chi connectivity index (χ1v) is 6.66. The fourth-order valence-electron chi connectivity index (χ4n) is 2.54. The lowest BCUT2D eigenvalue weighted by molar-refractivity contribution is 0.0697. The number of aromatic carboxylic acids is 1. The third kappa shape index (κ3) is 2.52. The normalized spacial score (nSPS) is 11.0. The maximum atomic E-state index is 14.1. The molecule has 1 heterocycles. The molecule has 6 heteroatoms. The minimum Gasteiger partial charge on any atom is -0.478 e. The van der Waals surface area contributed by atoms with Gasteiger partial charge >= 0.3 is 5.97 Å². The molecule has 0 aliphatic heterocycles. The monoisotopic (exact) mass is 317 g/mol. The molecule has 0 radical (unpaired) electrons. The number of aryl methyl sites for hydroxylation is 1. The van der Waals surface area contributed by atoms with E-state index in [4.69, 9.17) is 5.11 Å². The zero-order valence-electron chi connectivity index (χ0n) is 11.9. The first kappa shape index (κ1) is 15.0. The van der Waals surface area contributed by atoms with Crippen molar-refractivity contribution in [3.63, 3.8) is 0 Å². The van der Waals surface area contributed by atoms with E-state index in [1.165, 1.54) is 24.4 Å². The molecular formula is C17H10F3NO2. The van der Waals surface area contributed by atoms with Crippen LogP contribution in [0, 0.1) is 24.4 Å². The first-order valence-electron chi connectivity index (χ1n) is 6.66. The minimum atomic E-state index is -1.17. The van der Waals surface area contributed by atoms with E-state index < -0.39 is 29.0 Å². The van der Waals surface area contributed by atoms with Crippen molar-refractivity contribution in [1.82, 2.24) is 4.98 Å². The maximum Gasteiger partial charge on any atom is 0.335 e. The smallest absolute Gasteiger partial charge is 0.335 e. The summed E-state index contributed by atoms with van der Waals surface area (Å²) in [6, 6.07) is 5.29. The number of carbonyl (C=O) groups is 1. The number of fused-ring (bicyclic) bond motifs is 1. The molecule has 0 saturated carbocycles. The van der Waals surface area contributed by atoms with Gasteiger partial charge in [0.25, 0.3) is 0 Å². The Balaban J connectivity index is 2.43. The van der Waals surface area contributed by atoms with Gasteiger partial charge in [0.05, 0.1) is 16.6 Å². The fraction of sp³-hybridized carbons (Fsp3) is 0.0588. The van der Waals surface area contributed by atoms with Crippen LogP contribution in [-0.2, 0) is 0 Å². The van der Waals surface area contributed by atoms with Gasteiger partial charge in [0.15, 0.2) is 0 Å². The van der Waals surface area contributed by atoms with E-state index in [-0.39, 0.29) is 16.5 Å². The van der Waals surface area contributed by atoms with Crippen LogP contribution in [0.5, 0.6) is 0 Å². The second kappa shape index (κ2) is 5.39. The van der Waals surface area contributed by atoms with Crippen molar-refractivity contribution in [3.8, 4) is 11.1 Å². The second-order valence-corrected chi connectivity index (χ2v) is 5.10. The number of aromatic nitrogens is 1. The van der Waals surface area contributed by atoms with E-state index in [1.807, 2.05) is 0 Å². The first-order chi connectivity index (χ1) is 10.9. The van der Waals surface area contributed by atoms with Gasteiger partial charge in [-0.2, -0.15) is 0 Å². The van der Waals surface area contributed by atoms with Crippen LogP contribution in [0.15, 0.2) is 36.5 Å². The molecule has 0 amide bonds. The second-order valence-electron chi connectivity index (χ2n) is 5.10. The molecule has 1 N–H and O–H groups in total. The average Bonchev–Trinajstić information content (AvgIpc) is 2.47. The quantitative estimate of drug-likeness (QED) is 0.765. The predicted octanol–water partition coefficient (Wildman–Crippen LogP) is 4.33. The Kier molecular flexibility index (Phi) is 3.52. The summed E-state index contributed by atoms with van der Waals surface area (Å²) in [4.78, 5) is 15.3. The van der Waals surface area contributed by atoms with Crippen LogP contribution in [-0.4, -0.2) is 16.1 Å². The number of carboxylic acids is 1. The molecule has 1 aromatic heterocycles. The van der Waals surface area contributed by atoms with E-state index in [1.54, 1.807) is 6.92 Å². The third-order valence-electron chi connectivity index (χ3n) is 3.56.